The molecule has 3 rings (SSSR count). The van der Waals surface area contributed by atoms with Crippen molar-refractivity contribution in [2.24, 2.45) is 0 Å². The number of nitrogen functional groups attached to an aromatic ring is 1. The fraction of sp³-hybridized carbons (Fsp3) is 0.333. The third kappa shape index (κ3) is 4.73. The van der Waals surface area contributed by atoms with Gasteiger partial charge in [0.2, 0.25) is 0 Å². The largest absolute Gasteiger partial charge is 0.417 e. The van der Waals surface area contributed by atoms with Gasteiger partial charge in [-0.25, -0.2) is 4.98 Å². The molecule has 2 heterocycles. The van der Waals surface area contributed by atoms with Gasteiger partial charge in [-0.2, -0.15) is 13.2 Å². The molecule has 29 heavy (non-hydrogen) atoms. The Morgan fingerprint density at radius 1 is 1.24 bits per heavy atom. The van der Waals surface area contributed by atoms with Crippen molar-refractivity contribution in [2.45, 2.75) is 25.1 Å². The second kappa shape index (κ2) is 7.94. The van der Waals surface area contributed by atoms with E-state index in [1.807, 2.05) is 4.90 Å². The summed E-state index contributed by atoms with van der Waals surface area (Å²) in [5, 5.41) is 13.8. The van der Waals surface area contributed by atoms with Gasteiger partial charge in [-0.05, 0) is 37.1 Å². The Balaban J connectivity index is 1.58. The summed E-state index contributed by atoms with van der Waals surface area (Å²) in [5.41, 5.74) is 4.51. The number of hydrogen-bond donors (Lipinski definition) is 2. The number of amides is 1. The second-order valence-corrected chi connectivity index (χ2v) is 6.67. The molecule has 0 spiro atoms. The van der Waals surface area contributed by atoms with E-state index in [2.05, 4.69) is 10.3 Å². The Hall–Kier alpha value is -3.37. The van der Waals surface area contributed by atoms with Crippen molar-refractivity contribution in [1.82, 2.24) is 10.3 Å². The van der Waals surface area contributed by atoms with Gasteiger partial charge in [0.15, 0.2) is 0 Å². The van der Waals surface area contributed by atoms with Gasteiger partial charge in [0.25, 0.3) is 11.6 Å². The summed E-state index contributed by atoms with van der Waals surface area (Å²) in [6, 6.07) is 6.01. The third-order valence-electron chi connectivity index (χ3n) is 4.72. The number of benzene rings is 1. The lowest BCUT2D eigenvalue weighted by Gasteiger charge is -2.33. The van der Waals surface area contributed by atoms with Crippen LogP contribution < -0.4 is 16.0 Å². The second-order valence-electron chi connectivity index (χ2n) is 6.67. The van der Waals surface area contributed by atoms with Crippen LogP contribution in [0.3, 0.4) is 0 Å². The molecule has 1 aliphatic heterocycles. The van der Waals surface area contributed by atoms with Crippen LogP contribution in [-0.2, 0) is 6.18 Å². The normalized spacial score (nSPS) is 15.2. The molecule has 1 saturated heterocycles. The van der Waals surface area contributed by atoms with Gasteiger partial charge < -0.3 is 16.0 Å². The molecular weight excluding hydrogens is 391 g/mol. The maximum Gasteiger partial charge on any atom is 0.417 e. The molecule has 1 fully saturated rings. The van der Waals surface area contributed by atoms with Crippen LogP contribution >= 0.6 is 0 Å². The number of carbonyl (C=O) groups excluding carboxylic acids is 1. The van der Waals surface area contributed by atoms with E-state index < -0.39 is 22.6 Å². The summed E-state index contributed by atoms with van der Waals surface area (Å²) in [6.45, 7) is 1.01. The number of anilines is 2. The third-order valence-corrected chi connectivity index (χ3v) is 4.72. The van der Waals surface area contributed by atoms with Crippen LogP contribution in [0.5, 0.6) is 0 Å². The first-order valence-corrected chi connectivity index (χ1v) is 8.78. The highest BCUT2D eigenvalue weighted by Crippen LogP contribution is 2.30. The number of aromatic nitrogens is 1. The summed E-state index contributed by atoms with van der Waals surface area (Å²) >= 11 is 0. The molecule has 0 atom stereocenters. The summed E-state index contributed by atoms with van der Waals surface area (Å²) < 4.78 is 37.9. The minimum absolute atomic E-state index is 0.0242. The number of nitrogens with one attached hydrogen (secondary N) is 1. The van der Waals surface area contributed by atoms with Crippen molar-refractivity contribution in [3.8, 4) is 0 Å². The predicted octanol–water partition coefficient (Wildman–Crippen LogP) is 2.99. The van der Waals surface area contributed by atoms with Crippen molar-refractivity contribution in [3.63, 3.8) is 0 Å². The number of pyridine rings is 1. The van der Waals surface area contributed by atoms with Crippen LogP contribution in [0.1, 0.15) is 28.8 Å². The van der Waals surface area contributed by atoms with Gasteiger partial charge in [0.05, 0.1) is 10.5 Å². The number of nitrogens with two attached hydrogens (primary N) is 1. The minimum Gasteiger partial charge on any atom is -0.393 e. The van der Waals surface area contributed by atoms with Crippen LogP contribution in [0.25, 0.3) is 0 Å². The molecule has 0 radical (unpaired) electrons. The zero-order valence-electron chi connectivity index (χ0n) is 15.1. The first-order chi connectivity index (χ1) is 13.6. The van der Waals surface area contributed by atoms with Crippen molar-refractivity contribution in [1.29, 1.82) is 0 Å². The van der Waals surface area contributed by atoms with Gasteiger partial charge in [-0.3, -0.25) is 14.9 Å². The summed E-state index contributed by atoms with van der Waals surface area (Å²) in [6.07, 6.45) is -2.51. The first-order valence-electron chi connectivity index (χ1n) is 8.78. The molecule has 11 heteroatoms. The molecular formula is C18H18F3N5O3. The number of nitrogens with zero attached hydrogens (tertiary/aromatic N) is 3. The molecule has 0 bridgehead atoms. The quantitative estimate of drug-likeness (QED) is 0.456. The van der Waals surface area contributed by atoms with E-state index in [1.165, 1.54) is 18.2 Å². The van der Waals surface area contributed by atoms with Crippen LogP contribution in [0.4, 0.5) is 30.4 Å². The van der Waals surface area contributed by atoms with Gasteiger partial charge in [0, 0.05) is 37.0 Å². The molecule has 0 unspecified atom stereocenters. The highest BCUT2D eigenvalue weighted by atomic mass is 19.4. The van der Waals surface area contributed by atoms with Crippen molar-refractivity contribution in [2.75, 3.05) is 23.7 Å². The maximum atomic E-state index is 12.6. The Morgan fingerprint density at radius 2 is 1.93 bits per heavy atom. The number of piperidine rings is 1. The molecule has 1 aromatic heterocycles. The van der Waals surface area contributed by atoms with E-state index in [1.54, 1.807) is 0 Å². The van der Waals surface area contributed by atoms with Crippen LogP contribution in [0.2, 0.25) is 0 Å². The van der Waals surface area contributed by atoms with Crippen molar-refractivity contribution in [3.05, 3.63) is 57.8 Å². The molecule has 154 valence electrons. The number of carbonyl (C=O) groups is 1. The lowest BCUT2D eigenvalue weighted by Crippen LogP contribution is -2.45. The first kappa shape index (κ1) is 20.4. The fourth-order valence-corrected chi connectivity index (χ4v) is 3.11. The van der Waals surface area contributed by atoms with Crippen LogP contribution in [0, 0.1) is 10.1 Å². The topological polar surface area (TPSA) is 114 Å². The lowest BCUT2D eigenvalue weighted by molar-refractivity contribution is -0.383. The van der Waals surface area contributed by atoms with Gasteiger partial charge in [-0.1, -0.05) is 0 Å². The van der Waals surface area contributed by atoms with Gasteiger partial charge >= 0.3 is 6.18 Å². The Labute approximate surface area is 163 Å². The molecule has 1 aromatic carbocycles. The Kier molecular flexibility index (Phi) is 5.57. The van der Waals surface area contributed by atoms with E-state index >= 15 is 0 Å². The Morgan fingerprint density at radius 3 is 2.48 bits per heavy atom. The SMILES string of the molecule is Nc1ccc(C(=O)NC2CCN(c3ccc(C(F)(F)F)cn3)CC2)cc1[N+](=O)[O-]. The number of hydrogen-bond acceptors (Lipinski definition) is 6. The van der Waals surface area contributed by atoms with E-state index in [9.17, 15) is 28.1 Å². The number of nitro groups is 1. The van der Waals surface area contributed by atoms with E-state index in [0.29, 0.717) is 31.7 Å². The average Bonchev–Trinajstić information content (AvgIpc) is 2.68. The molecule has 2 aromatic rings. The number of halogens is 3. The van der Waals surface area contributed by atoms with Crippen LogP contribution in [-0.4, -0.2) is 34.9 Å². The molecule has 0 saturated carbocycles. The number of nitro benzene ring substituents is 1. The highest BCUT2D eigenvalue weighted by molar-refractivity contribution is 5.95. The summed E-state index contributed by atoms with van der Waals surface area (Å²) in [7, 11) is 0. The fourth-order valence-electron chi connectivity index (χ4n) is 3.11. The van der Waals surface area contributed by atoms with Gasteiger partial charge in [0.1, 0.15) is 11.5 Å². The highest BCUT2D eigenvalue weighted by Gasteiger charge is 2.31. The lowest BCUT2D eigenvalue weighted by atomic mass is 10.0. The van der Waals surface area contributed by atoms with E-state index in [4.69, 9.17) is 5.73 Å². The monoisotopic (exact) mass is 409 g/mol. The smallest absolute Gasteiger partial charge is 0.393 e. The van der Waals surface area contributed by atoms with Gasteiger partial charge in [-0.15, -0.1) is 0 Å². The summed E-state index contributed by atoms with van der Waals surface area (Å²) in [4.78, 5) is 28.4. The van der Waals surface area contributed by atoms with E-state index in [0.717, 1.165) is 18.3 Å². The summed E-state index contributed by atoms with van der Waals surface area (Å²) in [5.74, 6) is -0.00357. The maximum absolute atomic E-state index is 12.6. The molecule has 0 aliphatic carbocycles. The zero-order valence-corrected chi connectivity index (χ0v) is 15.1. The average molecular weight is 409 g/mol. The predicted molar refractivity (Wildman–Crippen MR) is 99.4 cm³/mol. The van der Waals surface area contributed by atoms with Crippen molar-refractivity contribution < 1.29 is 22.9 Å². The Bertz CT molecular complexity index is 910. The van der Waals surface area contributed by atoms with Crippen LogP contribution in [0.15, 0.2) is 36.5 Å². The minimum atomic E-state index is -4.43. The number of alkyl halides is 3. The molecule has 1 aliphatic rings. The zero-order chi connectivity index (χ0) is 21.2. The van der Waals surface area contributed by atoms with Crippen molar-refractivity contribution >= 4 is 23.1 Å². The number of rotatable bonds is 4. The standard InChI is InChI=1S/C18H18F3N5O3/c19-18(20,21)12-2-4-16(23-10-12)25-7-5-13(6-8-25)24-17(27)11-1-3-14(22)15(9-11)26(28)29/h1-4,9-10,13H,5-8,22H2,(H,24,27). The van der Waals surface area contributed by atoms with E-state index in [-0.39, 0.29) is 23.0 Å². The molecule has 8 nitrogen and oxygen atoms in total. The molecule has 1 amide bonds. The molecule has 3 N–H and O–H groups in total.